The van der Waals surface area contributed by atoms with Crippen LogP contribution in [0.2, 0.25) is 0 Å². The van der Waals surface area contributed by atoms with E-state index in [0.717, 1.165) is 12.0 Å². The zero-order valence-electron chi connectivity index (χ0n) is 8.45. The first-order valence-corrected chi connectivity index (χ1v) is 5.06. The van der Waals surface area contributed by atoms with Crippen molar-refractivity contribution in [3.63, 3.8) is 0 Å². The first-order chi connectivity index (χ1) is 6.61. The lowest BCUT2D eigenvalue weighted by Crippen LogP contribution is -2.27. The second kappa shape index (κ2) is 2.38. The van der Waals surface area contributed by atoms with Crippen LogP contribution in [-0.2, 0) is 11.2 Å². The van der Waals surface area contributed by atoms with Crippen LogP contribution in [-0.4, -0.2) is 16.8 Å². The number of epoxide rings is 1. The number of benzene rings is 1. The zero-order chi connectivity index (χ0) is 9.92. The van der Waals surface area contributed by atoms with E-state index in [1.54, 1.807) is 0 Å². The van der Waals surface area contributed by atoms with Crippen LogP contribution >= 0.6 is 0 Å². The van der Waals surface area contributed by atoms with E-state index in [1.165, 1.54) is 11.1 Å². The summed E-state index contributed by atoms with van der Waals surface area (Å²) in [6.45, 7) is 4.07. The number of aryl methyl sites for hydroxylation is 1. The fourth-order valence-corrected chi connectivity index (χ4v) is 2.44. The van der Waals surface area contributed by atoms with Gasteiger partial charge in [-0.25, -0.2) is 0 Å². The summed E-state index contributed by atoms with van der Waals surface area (Å²) in [6.07, 6.45) is 0.730. The Hall–Kier alpha value is -0.860. The van der Waals surface area contributed by atoms with Gasteiger partial charge < -0.3 is 9.84 Å². The highest BCUT2D eigenvalue weighted by atomic mass is 16.6. The Kier molecular flexibility index (Phi) is 1.44. The third-order valence-electron chi connectivity index (χ3n) is 3.52. The fraction of sp³-hybridized carbons (Fsp3) is 0.500. The van der Waals surface area contributed by atoms with Crippen LogP contribution in [0.3, 0.4) is 0 Å². The molecular formula is C12H14O2. The third kappa shape index (κ3) is 0.928. The van der Waals surface area contributed by atoms with Crippen LogP contribution < -0.4 is 0 Å². The zero-order valence-corrected chi connectivity index (χ0v) is 8.45. The second-order valence-corrected chi connectivity index (χ2v) is 4.60. The van der Waals surface area contributed by atoms with Crippen molar-refractivity contribution in [1.29, 1.82) is 0 Å². The molecule has 0 unspecified atom stereocenters. The molecule has 0 aromatic heterocycles. The highest BCUT2D eigenvalue weighted by Gasteiger charge is 2.60. The molecular weight excluding hydrogens is 176 g/mol. The normalized spacial score (nSPS) is 38.8. The number of hydrogen-bond donors (Lipinski definition) is 1. The molecule has 2 aliphatic rings. The summed E-state index contributed by atoms with van der Waals surface area (Å²) in [5, 5.41) is 10.1. The van der Waals surface area contributed by atoms with E-state index in [9.17, 15) is 5.11 Å². The Morgan fingerprint density at radius 1 is 1.50 bits per heavy atom. The lowest BCUT2D eigenvalue weighted by molar-refractivity contribution is 0.0840. The molecule has 1 aliphatic carbocycles. The van der Waals surface area contributed by atoms with E-state index in [4.69, 9.17) is 4.74 Å². The molecule has 0 spiro atoms. The van der Waals surface area contributed by atoms with Gasteiger partial charge in [-0.1, -0.05) is 23.8 Å². The third-order valence-corrected chi connectivity index (χ3v) is 3.52. The van der Waals surface area contributed by atoms with Gasteiger partial charge in [-0.15, -0.1) is 0 Å². The minimum absolute atomic E-state index is 0.229. The van der Waals surface area contributed by atoms with Crippen LogP contribution in [0.5, 0.6) is 0 Å². The number of ether oxygens (including phenoxy) is 1. The minimum Gasteiger partial charge on any atom is -0.385 e. The Bertz CT molecular complexity index is 399. The van der Waals surface area contributed by atoms with E-state index >= 15 is 0 Å². The Morgan fingerprint density at radius 3 is 3.07 bits per heavy atom. The lowest BCUT2D eigenvalue weighted by Gasteiger charge is -2.23. The van der Waals surface area contributed by atoms with Crippen molar-refractivity contribution in [3.05, 3.63) is 34.9 Å². The van der Waals surface area contributed by atoms with E-state index in [1.807, 2.05) is 19.1 Å². The Morgan fingerprint density at radius 2 is 2.29 bits per heavy atom. The van der Waals surface area contributed by atoms with Gasteiger partial charge in [0.2, 0.25) is 0 Å². The van der Waals surface area contributed by atoms with Gasteiger partial charge in [-0.3, -0.25) is 0 Å². The van der Waals surface area contributed by atoms with Gasteiger partial charge >= 0.3 is 0 Å². The van der Waals surface area contributed by atoms with Gasteiger partial charge in [-0.05, 0) is 25.0 Å². The quantitative estimate of drug-likeness (QED) is 0.632. The first kappa shape index (κ1) is 8.45. The Labute approximate surface area is 83.5 Å². The van der Waals surface area contributed by atoms with Crippen molar-refractivity contribution in [2.75, 3.05) is 0 Å². The molecule has 14 heavy (non-hydrogen) atoms. The minimum atomic E-state index is -0.447. The maximum absolute atomic E-state index is 10.1. The van der Waals surface area contributed by atoms with Crippen LogP contribution in [0, 0.1) is 6.92 Å². The summed E-state index contributed by atoms with van der Waals surface area (Å²) < 4.78 is 5.55. The highest BCUT2D eigenvalue weighted by molar-refractivity contribution is 5.40. The van der Waals surface area contributed by atoms with Crippen molar-refractivity contribution in [2.45, 2.75) is 38.1 Å². The van der Waals surface area contributed by atoms with E-state index in [2.05, 4.69) is 13.0 Å². The maximum atomic E-state index is 10.1. The molecule has 0 radical (unpaired) electrons. The van der Waals surface area contributed by atoms with Gasteiger partial charge in [-0.2, -0.15) is 0 Å². The average molecular weight is 190 g/mol. The largest absolute Gasteiger partial charge is 0.385 e. The molecule has 2 nitrogen and oxygen atoms in total. The molecule has 0 saturated carbocycles. The molecule has 1 aromatic rings. The van der Waals surface area contributed by atoms with Crippen molar-refractivity contribution in [3.8, 4) is 0 Å². The predicted octanol–water partition coefficient (Wildman–Crippen LogP) is 1.74. The molecule has 2 heteroatoms. The average Bonchev–Trinajstić information content (AvgIpc) is 2.78. The molecule has 0 amide bonds. The van der Waals surface area contributed by atoms with Crippen LogP contribution in [0.4, 0.5) is 0 Å². The van der Waals surface area contributed by atoms with E-state index < -0.39 is 6.10 Å². The van der Waals surface area contributed by atoms with Crippen LogP contribution in [0.25, 0.3) is 0 Å². The number of aliphatic hydroxyl groups excluding tert-OH is 1. The smallest absolute Gasteiger partial charge is 0.122 e. The van der Waals surface area contributed by atoms with Crippen LogP contribution in [0.15, 0.2) is 18.2 Å². The molecule has 74 valence electrons. The van der Waals surface area contributed by atoms with Crippen molar-refractivity contribution < 1.29 is 9.84 Å². The monoisotopic (exact) mass is 190 g/mol. The van der Waals surface area contributed by atoms with E-state index in [-0.39, 0.29) is 11.7 Å². The predicted molar refractivity (Wildman–Crippen MR) is 53.1 cm³/mol. The van der Waals surface area contributed by atoms with Gasteiger partial charge in [0.05, 0.1) is 6.10 Å². The Balaban J connectivity index is 2.11. The second-order valence-electron chi connectivity index (χ2n) is 4.60. The molecule has 0 bridgehead atoms. The van der Waals surface area contributed by atoms with Gasteiger partial charge in [0.25, 0.3) is 0 Å². The molecule has 1 heterocycles. The molecule has 1 fully saturated rings. The molecule has 1 N–H and O–H groups in total. The summed E-state index contributed by atoms with van der Waals surface area (Å²) in [7, 11) is 0. The molecule has 1 aliphatic heterocycles. The summed E-state index contributed by atoms with van der Waals surface area (Å²) in [5.41, 5.74) is 3.24. The summed E-state index contributed by atoms with van der Waals surface area (Å²) in [5.74, 6) is 0. The first-order valence-electron chi connectivity index (χ1n) is 5.06. The topological polar surface area (TPSA) is 32.8 Å². The van der Waals surface area contributed by atoms with Gasteiger partial charge in [0.15, 0.2) is 0 Å². The SMILES string of the molecule is Cc1ccc2c(c1)C[C@@H]1O[C@]1(C)[C@@H]2O. The van der Waals surface area contributed by atoms with Gasteiger partial charge in [0.1, 0.15) is 11.7 Å². The van der Waals surface area contributed by atoms with Crippen molar-refractivity contribution in [2.24, 2.45) is 0 Å². The van der Waals surface area contributed by atoms with E-state index in [0.29, 0.717) is 0 Å². The van der Waals surface area contributed by atoms with Crippen molar-refractivity contribution >= 4 is 0 Å². The number of rotatable bonds is 0. The number of aliphatic hydroxyl groups is 1. The molecule has 1 saturated heterocycles. The van der Waals surface area contributed by atoms with Crippen LogP contribution in [0.1, 0.15) is 29.7 Å². The van der Waals surface area contributed by atoms with Crippen molar-refractivity contribution in [1.82, 2.24) is 0 Å². The summed E-state index contributed by atoms with van der Waals surface area (Å²) in [4.78, 5) is 0. The molecule has 3 atom stereocenters. The maximum Gasteiger partial charge on any atom is 0.122 e. The molecule has 1 aromatic carbocycles. The molecule has 3 rings (SSSR count). The summed E-state index contributed by atoms with van der Waals surface area (Å²) >= 11 is 0. The standard InChI is InChI=1S/C12H14O2/c1-7-3-4-9-8(5-7)6-10-12(2,14-10)11(9)13/h3-5,10-11,13H,6H2,1-2H3/t10-,11+,12-/m0/s1. The fourth-order valence-electron chi connectivity index (χ4n) is 2.44. The number of fused-ring (bicyclic) bond motifs is 2. The highest BCUT2D eigenvalue weighted by Crippen LogP contribution is 2.52. The van der Waals surface area contributed by atoms with Gasteiger partial charge in [0, 0.05) is 6.42 Å². The summed E-state index contributed by atoms with van der Waals surface area (Å²) in [6, 6.07) is 6.23. The number of hydrogen-bond acceptors (Lipinski definition) is 2. The lowest BCUT2D eigenvalue weighted by atomic mass is 9.82.